The number of fused-ring (bicyclic) bond motifs is 9. The van der Waals surface area contributed by atoms with Crippen molar-refractivity contribution in [1.82, 2.24) is 0 Å². The standard InChI is InChI=1S/C56H32N2O8S2/c59-49-35-19-31-15-7-8-16-32(31)20-36(35)50(60)47(49)57-45-25-41-43(55(63)65-27-29-11-3-1-4-12-29)23-39-40(53(41)67-45)24-44(56(64)66-28-30-13-5-2-6-14-30)42-26-46(68-54(39)42)58-48-51(61)37-21-33-17-9-10-18-34(33)22-38(37)52(48)62/h1-26,39-40H,27-28H2. The largest absolute Gasteiger partial charge is 0.457 e. The fraction of sp³-hybridized carbons (Fsp3) is 0.0714. The van der Waals surface area contributed by atoms with Crippen molar-refractivity contribution < 1.29 is 19.1 Å². The highest BCUT2D eigenvalue weighted by molar-refractivity contribution is 7.17. The molecule has 10 nitrogen and oxygen atoms in total. The van der Waals surface area contributed by atoms with Gasteiger partial charge in [0.25, 0.3) is 0 Å². The summed E-state index contributed by atoms with van der Waals surface area (Å²) in [7, 11) is 0. The Bertz CT molecular complexity index is 3780. The molecule has 0 radical (unpaired) electrons. The van der Waals surface area contributed by atoms with Gasteiger partial charge in [-0.1, -0.05) is 121 Å². The maximum Gasteiger partial charge on any atom is 0.338 e. The van der Waals surface area contributed by atoms with Gasteiger partial charge in [-0.05, 0) is 69.1 Å². The number of rotatable bonds is 8. The second-order valence-electron chi connectivity index (χ2n) is 16.8. The predicted octanol–water partition coefficient (Wildman–Crippen LogP) is 9.23. The number of ether oxygens (including phenoxy) is 2. The van der Waals surface area contributed by atoms with Crippen molar-refractivity contribution in [2.24, 2.45) is 9.98 Å². The molecule has 0 aliphatic heterocycles. The van der Waals surface area contributed by atoms with Gasteiger partial charge in [-0.3, -0.25) is 19.2 Å². The summed E-state index contributed by atoms with van der Waals surface area (Å²) < 4.78 is 11.9. The van der Waals surface area contributed by atoms with Crippen LogP contribution >= 0.6 is 22.7 Å². The van der Waals surface area contributed by atoms with Crippen LogP contribution in [0.5, 0.6) is 0 Å². The molecular formula is C56H32N2O8S2. The van der Waals surface area contributed by atoms with Crippen LogP contribution in [-0.4, -0.2) is 11.9 Å². The lowest BCUT2D eigenvalue weighted by molar-refractivity contribution is -0.138. The maximum absolute atomic E-state index is 14.3. The number of hydrogen-bond acceptors (Lipinski definition) is 12. The van der Waals surface area contributed by atoms with Gasteiger partial charge in [-0.2, -0.15) is 0 Å². The predicted molar refractivity (Wildman–Crippen MR) is 266 cm³/mol. The lowest BCUT2D eigenvalue weighted by Gasteiger charge is -2.32. The molecule has 0 bridgehead atoms. The van der Waals surface area contributed by atoms with Crippen LogP contribution in [-0.2, 0) is 32.3 Å². The number of esters is 2. The number of allylic oxidation sites excluding steroid dienone is 2. The van der Waals surface area contributed by atoms with Crippen LogP contribution in [0.25, 0.3) is 54.2 Å². The van der Waals surface area contributed by atoms with E-state index in [1.54, 1.807) is 48.6 Å². The molecule has 2 unspecified atom stereocenters. The van der Waals surface area contributed by atoms with E-state index < -0.39 is 45.5 Å². The van der Waals surface area contributed by atoms with Gasteiger partial charge in [0.2, 0.25) is 21.7 Å². The van der Waals surface area contributed by atoms with E-state index in [0.717, 1.165) is 32.7 Å². The number of carbonyl (C=O) groups excluding carboxylic acids is 2. The van der Waals surface area contributed by atoms with E-state index >= 15 is 0 Å². The molecular weight excluding hydrogens is 893 g/mol. The zero-order valence-electron chi connectivity index (χ0n) is 35.6. The Morgan fingerprint density at radius 1 is 0.441 bits per heavy atom. The number of nitrogens with zero attached hydrogens (tertiary/aromatic N) is 2. The Kier molecular flexibility index (Phi) is 9.82. The molecule has 0 saturated carbocycles. The van der Waals surface area contributed by atoms with Gasteiger partial charge in [-0.25, -0.2) is 19.6 Å². The highest BCUT2D eigenvalue weighted by Gasteiger charge is 2.41. The first kappa shape index (κ1) is 41.1. The number of thiophene rings is 2. The van der Waals surface area contributed by atoms with E-state index in [0.29, 0.717) is 30.9 Å². The zero-order valence-corrected chi connectivity index (χ0v) is 37.2. The van der Waals surface area contributed by atoms with Crippen molar-refractivity contribution in [3.05, 3.63) is 241 Å². The topological polar surface area (TPSA) is 146 Å². The van der Waals surface area contributed by atoms with Gasteiger partial charge in [-0.15, -0.1) is 22.7 Å². The minimum absolute atomic E-state index is 0.00143. The highest BCUT2D eigenvalue weighted by Crippen LogP contribution is 2.56. The molecule has 326 valence electrons. The third kappa shape index (κ3) is 6.92. The molecule has 12 heteroatoms. The smallest absolute Gasteiger partial charge is 0.338 e. The Labute approximate surface area is 392 Å². The molecule has 0 amide bonds. The SMILES string of the molecule is O=C(OCc1ccccc1)C1=CC2c3sc(N=c4c(=O)c5cc6ccccc6cc5c4=O)cc3C(C(=O)OCc3ccccc3)=CC2c2sc(N=c3c(=O)c4cc5ccccc5cc4c3=O)cc21. The number of benzene rings is 6. The van der Waals surface area contributed by atoms with Crippen LogP contribution in [0.15, 0.2) is 187 Å². The van der Waals surface area contributed by atoms with E-state index in [9.17, 15) is 28.8 Å². The second-order valence-corrected chi connectivity index (χ2v) is 18.9. The highest BCUT2D eigenvalue weighted by atomic mass is 32.1. The van der Waals surface area contributed by atoms with Crippen LogP contribution in [0.3, 0.4) is 0 Å². The third-order valence-corrected chi connectivity index (χ3v) is 14.9. The molecule has 8 aromatic carbocycles. The summed E-state index contributed by atoms with van der Waals surface area (Å²) in [4.78, 5) is 94.8. The van der Waals surface area contributed by atoms with E-state index in [4.69, 9.17) is 19.5 Å². The van der Waals surface area contributed by atoms with E-state index in [2.05, 4.69) is 0 Å². The molecule has 0 spiro atoms. The Balaban J connectivity index is 1.02. The first-order valence-electron chi connectivity index (χ1n) is 21.7. The van der Waals surface area contributed by atoms with Crippen molar-refractivity contribution in [1.29, 1.82) is 0 Å². The van der Waals surface area contributed by atoms with Crippen LogP contribution in [0.1, 0.15) is 43.8 Å². The van der Waals surface area contributed by atoms with Gasteiger partial charge in [0.15, 0.2) is 10.7 Å². The molecule has 10 aromatic rings. The summed E-state index contributed by atoms with van der Waals surface area (Å²) in [6, 6.07) is 43.7. The number of carbonyl (C=O) groups is 2. The molecule has 0 fully saturated rings. The number of hydrogen-bond donors (Lipinski definition) is 0. The fourth-order valence-corrected chi connectivity index (χ4v) is 11.7. The maximum atomic E-state index is 14.3. The molecule has 12 rings (SSSR count). The van der Waals surface area contributed by atoms with E-state index in [1.807, 2.05) is 109 Å². The van der Waals surface area contributed by atoms with Crippen LogP contribution < -0.4 is 32.4 Å². The van der Waals surface area contributed by atoms with E-state index in [1.165, 1.54) is 22.7 Å². The zero-order chi connectivity index (χ0) is 46.2. The van der Waals surface area contributed by atoms with Gasteiger partial charge < -0.3 is 9.47 Å². The Hall–Kier alpha value is -8.32. The van der Waals surface area contributed by atoms with Crippen LogP contribution in [0, 0.1) is 0 Å². The Morgan fingerprint density at radius 2 is 0.765 bits per heavy atom. The van der Waals surface area contributed by atoms with Gasteiger partial charge in [0.05, 0.1) is 11.1 Å². The summed E-state index contributed by atoms with van der Waals surface area (Å²) >= 11 is 2.41. The minimum atomic E-state index is -0.611. The van der Waals surface area contributed by atoms with Gasteiger partial charge >= 0.3 is 11.9 Å². The quantitative estimate of drug-likeness (QED) is 0.137. The summed E-state index contributed by atoms with van der Waals surface area (Å²) in [6.07, 6.45) is 3.61. The molecule has 0 saturated heterocycles. The summed E-state index contributed by atoms with van der Waals surface area (Å²) in [5.41, 5.74) is 1.03. The van der Waals surface area contributed by atoms with Crippen LogP contribution in [0.4, 0.5) is 10.0 Å². The first-order chi connectivity index (χ1) is 33.2. The second kappa shape index (κ2) is 16.2. The van der Waals surface area contributed by atoms with Crippen molar-refractivity contribution in [3.8, 4) is 0 Å². The first-order valence-corrected chi connectivity index (χ1v) is 23.4. The minimum Gasteiger partial charge on any atom is -0.457 e. The average Bonchev–Trinajstić information content (AvgIpc) is 4.11. The van der Waals surface area contributed by atoms with Crippen molar-refractivity contribution in [2.45, 2.75) is 25.0 Å². The van der Waals surface area contributed by atoms with Crippen LogP contribution in [0.2, 0.25) is 0 Å². The van der Waals surface area contributed by atoms with Crippen molar-refractivity contribution in [2.75, 3.05) is 0 Å². The average molecular weight is 925 g/mol. The van der Waals surface area contributed by atoms with Crippen molar-refractivity contribution >= 4 is 98.9 Å². The third-order valence-electron chi connectivity index (χ3n) is 12.7. The molecule has 2 atom stereocenters. The summed E-state index contributed by atoms with van der Waals surface area (Å²) in [5.74, 6) is -2.35. The van der Waals surface area contributed by atoms with Gasteiger partial charge in [0.1, 0.15) is 23.2 Å². The Morgan fingerprint density at radius 3 is 1.10 bits per heavy atom. The molecule has 2 aliphatic carbocycles. The lowest BCUT2D eigenvalue weighted by atomic mass is 9.74. The molecule has 0 N–H and O–H groups in total. The lowest BCUT2D eigenvalue weighted by Crippen LogP contribution is -2.31. The molecule has 2 aliphatic rings. The molecule has 68 heavy (non-hydrogen) atoms. The van der Waals surface area contributed by atoms with E-state index in [-0.39, 0.29) is 56.6 Å². The van der Waals surface area contributed by atoms with Gasteiger partial charge in [0, 0.05) is 54.3 Å². The normalized spacial score (nSPS) is 15.1. The summed E-state index contributed by atoms with van der Waals surface area (Å²) in [5, 5.41) is 4.52. The monoisotopic (exact) mass is 924 g/mol. The summed E-state index contributed by atoms with van der Waals surface area (Å²) in [6.45, 7) is -0.00286. The van der Waals surface area contributed by atoms with Crippen molar-refractivity contribution in [3.63, 3.8) is 0 Å². The fourth-order valence-electron chi connectivity index (χ4n) is 9.36. The molecule has 2 heterocycles. The molecule has 2 aromatic heterocycles.